The van der Waals surface area contributed by atoms with Crippen LogP contribution in [-0.2, 0) is 0 Å². The molecule has 1 aromatic carbocycles. The van der Waals surface area contributed by atoms with Gasteiger partial charge in [0.1, 0.15) is 0 Å². The minimum Gasteiger partial charge on any atom is -0.120 e. The standard InChI is InChI=1S/C14H24Br2Si2/c1-5-17(15,6-2)13-10-9-11-14(12-13)18(16,7-3)8-4/h9-12H,5-8H2,1-4H3. The first-order valence-corrected chi connectivity index (χ1v) is 16.3. The first kappa shape index (κ1) is 16.7. The van der Waals surface area contributed by atoms with Crippen molar-refractivity contribution >= 4 is 54.3 Å². The Morgan fingerprint density at radius 3 is 1.39 bits per heavy atom. The number of hydrogen-bond donors (Lipinski definition) is 0. The van der Waals surface area contributed by atoms with Gasteiger partial charge in [-0.2, -0.15) is 0 Å². The van der Waals surface area contributed by atoms with E-state index in [4.69, 9.17) is 0 Å². The molecular weight excluding hydrogens is 384 g/mol. The van der Waals surface area contributed by atoms with Gasteiger partial charge in [-0.1, -0.05) is 52.0 Å². The lowest BCUT2D eigenvalue weighted by Gasteiger charge is -2.27. The van der Waals surface area contributed by atoms with Gasteiger partial charge in [0.25, 0.3) is 0 Å². The summed E-state index contributed by atoms with van der Waals surface area (Å²) in [5, 5.41) is 3.14. The van der Waals surface area contributed by atoms with Crippen LogP contribution in [0.5, 0.6) is 0 Å². The average molecular weight is 408 g/mol. The first-order valence-electron chi connectivity index (χ1n) is 6.94. The minimum atomic E-state index is -1.40. The van der Waals surface area contributed by atoms with Crippen LogP contribution in [-0.4, -0.2) is 13.4 Å². The van der Waals surface area contributed by atoms with Crippen LogP contribution in [0.25, 0.3) is 0 Å². The minimum absolute atomic E-state index is 1.27. The highest BCUT2D eigenvalue weighted by atomic mass is 79.9. The topological polar surface area (TPSA) is 0 Å². The molecule has 0 aliphatic heterocycles. The Morgan fingerprint density at radius 1 is 0.778 bits per heavy atom. The van der Waals surface area contributed by atoms with Crippen molar-refractivity contribution in [1.82, 2.24) is 0 Å². The Kier molecular flexibility index (Phi) is 6.36. The van der Waals surface area contributed by atoms with Crippen LogP contribution in [0, 0.1) is 0 Å². The fraction of sp³-hybridized carbons (Fsp3) is 0.571. The van der Waals surface area contributed by atoms with Crippen LogP contribution in [0.3, 0.4) is 0 Å². The molecule has 0 spiro atoms. The van der Waals surface area contributed by atoms with E-state index in [1.54, 1.807) is 10.4 Å². The third kappa shape index (κ3) is 3.38. The van der Waals surface area contributed by atoms with E-state index >= 15 is 0 Å². The van der Waals surface area contributed by atoms with E-state index in [1.807, 2.05) is 0 Å². The van der Waals surface area contributed by atoms with Gasteiger partial charge in [-0.15, -0.1) is 30.6 Å². The number of benzene rings is 1. The molecule has 0 atom stereocenters. The van der Waals surface area contributed by atoms with Crippen molar-refractivity contribution in [3.05, 3.63) is 24.3 Å². The number of halogens is 2. The van der Waals surface area contributed by atoms with Gasteiger partial charge in [0.2, 0.25) is 0 Å². The highest BCUT2D eigenvalue weighted by Crippen LogP contribution is 2.25. The van der Waals surface area contributed by atoms with Crippen LogP contribution in [0.4, 0.5) is 0 Å². The molecule has 0 amide bonds. The van der Waals surface area contributed by atoms with Gasteiger partial charge in [0.15, 0.2) is 13.4 Å². The zero-order chi connectivity index (χ0) is 13.8. The molecule has 0 heterocycles. The SMILES string of the molecule is CC[Si](Br)(CC)c1cccc([Si](Br)(CC)CC)c1. The van der Waals surface area contributed by atoms with E-state index in [2.05, 4.69) is 82.5 Å². The van der Waals surface area contributed by atoms with Crippen LogP contribution in [0.15, 0.2) is 24.3 Å². The van der Waals surface area contributed by atoms with Crippen LogP contribution in [0.2, 0.25) is 24.2 Å². The summed E-state index contributed by atoms with van der Waals surface area (Å²) in [6.07, 6.45) is 0. The maximum atomic E-state index is 4.08. The van der Waals surface area contributed by atoms with Crippen LogP contribution < -0.4 is 10.4 Å². The predicted molar refractivity (Wildman–Crippen MR) is 97.0 cm³/mol. The van der Waals surface area contributed by atoms with Gasteiger partial charge in [0.05, 0.1) is 0 Å². The lowest BCUT2D eigenvalue weighted by atomic mass is 10.4. The monoisotopic (exact) mass is 406 g/mol. The highest BCUT2D eigenvalue weighted by Gasteiger charge is 2.32. The Hall–Kier alpha value is 0.614. The Labute approximate surface area is 130 Å². The normalized spacial score (nSPS) is 12.8. The number of hydrogen-bond acceptors (Lipinski definition) is 0. The van der Waals surface area contributed by atoms with Crippen molar-refractivity contribution in [3.63, 3.8) is 0 Å². The molecule has 0 radical (unpaired) electrons. The fourth-order valence-corrected chi connectivity index (χ4v) is 8.27. The number of rotatable bonds is 6. The van der Waals surface area contributed by atoms with Gasteiger partial charge >= 0.3 is 0 Å². The summed E-state index contributed by atoms with van der Waals surface area (Å²) in [6, 6.07) is 14.5. The van der Waals surface area contributed by atoms with E-state index in [0.29, 0.717) is 0 Å². The molecule has 1 rings (SSSR count). The summed E-state index contributed by atoms with van der Waals surface area (Å²) in [5.74, 6) is 0. The second-order valence-corrected chi connectivity index (χ2v) is 21.9. The second kappa shape index (κ2) is 6.86. The van der Waals surface area contributed by atoms with Gasteiger partial charge in [-0.25, -0.2) is 0 Å². The summed E-state index contributed by atoms with van der Waals surface area (Å²) in [4.78, 5) is 0. The van der Waals surface area contributed by atoms with Crippen molar-refractivity contribution in [3.8, 4) is 0 Å². The maximum Gasteiger partial charge on any atom is 0.160 e. The fourth-order valence-electron chi connectivity index (χ4n) is 2.39. The van der Waals surface area contributed by atoms with E-state index in [-0.39, 0.29) is 0 Å². The molecule has 0 nitrogen and oxygen atoms in total. The molecule has 0 aromatic heterocycles. The van der Waals surface area contributed by atoms with Crippen molar-refractivity contribution in [2.45, 2.75) is 51.9 Å². The van der Waals surface area contributed by atoms with Crippen LogP contribution >= 0.6 is 30.6 Å². The third-order valence-electron chi connectivity index (χ3n) is 4.14. The zero-order valence-electron chi connectivity index (χ0n) is 11.9. The van der Waals surface area contributed by atoms with Crippen molar-refractivity contribution in [2.24, 2.45) is 0 Å². The predicted octanol–water partition coefficient (Wildman–Crippen LogP) is 4.86. The molecule has 0 bridgehead atoms. The lowest BCUT2D eigenvalue weighted by Crippen LogP contribution is -2.46. The second-order valence-electron chi connectivity index (χ2n) is 4.93. The Bertz CT molecular complexity index is 352. The maximum absolute atomic E-state index is 4.08. The van der Waals surface area contributed by atoms with Crippen molar-refractivity contribution < 1.29 is 0 Å². The van der Waals surface area contributed by atoms with Gasteiger partial charge in [-0.3, -0.25) is 0 Å². The van der Waals surface area contributed by atoms with Crippen molar-refractivity contribution in [1.29, 1.82) is 0 Å². The molecule has 0 fully saturated rings. The lowest BCUT2D eigenvalue weighted by molar-refractivity contribution is 1.31. The van der Waals surface area contributed by atoms with E-state index in [9.17, 15) is 0 Å². The van der Waals surface area contributed by atoms with Gasteiger partial charge < -0.3 is 0 Å². The summed E-state index contributed by atoms with van der Waals surface area (Å²) in [7, 11) is 0. The van der Waals surface area contributed by atoms with E-state index in [1.165, 1.54) is 24.2 Å². The summed E-state index contributed by atoms with van der Waals surface area (Å²) in [5.41, 5.74) is 0. The largest absolute Gasteiger partial charge is 0.160 e. The molecule has 4 heteroatoms. The quantitative estimate of drug-likeness (QED) is 0.466. The molecular formula is C14H24Br2Si2. The van der Waals surface area contributed by atoms with Crippen LogP contribution in [0.1, 0.15) is 27.7 Å². The molecule has 0 unspecified atom stereocenters. The van der Waals surface area contributed by atoms with Gasteiger partial charge in [-0.05, 0) is 34.5 Å². The smallest absolute Gasteiger partial charge is 0.120 e. The Balaban J connectivity index is 3.21. The molecule has 0 saturated carbocycles. The summed E-state index contributed by atoms with van der Waals surface area (Å²) >= 11 is 8.15. The van der Waals surface area contributed by atoms with E-state index in [0.717, 1.165) is 0 Å². The third-order valence-corrected chi connectivity index (χ3v) is 20.8. The molecule has 0 aliphatic rings. The summed E-state index contributed by atoms with van der Waals surface area (Å²) in [6.45, 7) is 6.47. The van der Waals surface area contributed by atoms with Gasteiger partial charge in [0, 0.05) is 0 Å². The van der Waals surface area contributed by atoms with E-state index < -0.39 is 13.4 Å². The summed E-state index contributed by atoms with van der Waals surface area (Å²) < 4.78 is 0. The molecule has 1 aromatic rings. The molecule has 18 heavy (non-hydrogen) atoms. The Morgan fingerprint density at radius 2 is 1.11 bits per heavy atom. The highest BCUT2D eigenvalue weighted by molar-refractivity contribution is 9.26. The molecule has 102 valence electrons. The average Bonchev–Trinajstić information content (AvgIpc) is 2.45. The zero-order valence-corrected chi connectivity index (χ0v) is 17.1. The molecule has 0 aliphatic carbocycles. The first-order chi connectivity index (χ1) is 8.45. The molecule has 0 N–H and O–H groups in total. The molecule has 0 saturated heterocycles. The van der Waals surface area contributed by atoms with Crippen molar-refractivity contribution in [2.75, 3.05) is 0 Å².